The molecular formula is C13H14N2O3. The van der Waals surface area contributed by atoms with E-state index in [9.17, 15) is 4.79 Å². The van der Waals surface area contributed by atoms with Gasteiger partial charge in [0.15, 0.2) is 6.10 Å². The summed E-state index contributed by atoms with van der Waals surface area (Å²) in [6.07, 6.45) is 4.66. The zero-order valence-electron chi connectivity index (χ0n) is 10.2. The first-order chi connectivity index (χ1) is 8.70. The molecule has 0 saturated heterocycles. The summed E-state index contributed by atoms with van der Waals surface area (Å²) in [6, 6.07) is 7.38. The summed E-state index contributed by atoms with van der Waals surface area (Å²) in [5.74, 6) is 0.227. The number of imidazole rings is 1. The number of aromatic nitrogens is 2. The van der Waals surface area contributed by atoms with Crippen molar-refractivity contribution in [2.24, 2.45) is 0 Å². The molecule has 1 aromatic carbocycles. The van der Waals surface area contributed by atoms with E-state index in [0.717, 1.165) is 5.69 Å². The Kier molecular flexibility index (Phi) is 3.62. The van der Waals surface area contributed by atoms with E-state index in [0.29, 0.717) is 5.75 Å². The SMILES string of the molecule is COC(=O)C(C)Oc1ccc(-n2ccnc2)cc1. The standard InChI is InChI=1S/C13H14N2O3/c1-10(13(16)17-2)18-12-5-3-11(4-6-12)15-8-7-14-9-15/h3-10H,1-2H3. The average Bonchev–Trinajstić information content (AvgIpc) is 2.92. The molecule has 0 amide bonds. The average molecular weight is 246 g/mol. The predicted molar refractivity (Wildman–Crippen MR) is 65.7 cm³/mol. The predicted octanol–water partition coefficient (Wildman–Crippen LogP) is 1.81. The molecule has 94 valence electrons. The van der Waals surface area contributed by atoms with Crippen LogP contribution in [0.2, 0.25) is 0 Å². The number of carbonyl (C=O) groups excluding carboxylic acids is 1. The maximum absolute atomic E-state index is 11.2. The van der Waals surface area contributed by atoms with E-state index in [4.69, 9.17) is 4.74 Å². The number of rotatable bonds is 4. The van der Waals surface area contributed by atoms with Gasteiger partial charge in [0.25, 0.3) is 0 Å². The molecule has 18 heavy (non-hydrogen) atoms. The Bertz CT molecular complexity index is 506. The summed E-state index contributed by atoms with van der Waals surface area (Å²) in [5.41, 5.74) is 0.977. The van der Waals surface area contributed by atoms with Crippen LogP contribution in [-0.4, -0.2) is 28.7 Å². The van der Waals surface area contributed by atoms with Gasteiger partial charge in [0, 0.05) is 18.1 Å². The zero-order valence-corrected chi connectivity index (χ0v) is 10.2. The number of hydrogen-bond acceptors (Lipinski definition) is 4. The Hall–Kier alpha value is -2.30. The van der Waals surface area contributed by atoms with E-state index in [1.54, 1.807) is 31.6 Å². The molecule has 0 aliphatic heterocycles. The first-order valence-corrected chi connectivity index (χ1v) is 5.53. The lowest BCUT2D eigenvalue weighted by Crippen LogP contribution is -2.24. The fourth-order valence-electron chi connectivity index (χ4n) is 1.53. The number of methoxy groups -OCH3 is 1. The van der Waals surface area contributed by atoms with Crippen LogP contribution in [0.4, 0.5) is 0 Å². The van der Waals surface area contributed by atoms with Crippen molar-refractivity contribution in [1.29, 1.82) is 0 Å². The van der Waals surface area contributed by atoms with Crippen LogP contribution in [0.1, 0.15) is 6.92 Å². The van der Waals surface area contributed by atoms with Crippen LogP contribution in [0.5, 0.6) is 5.75 Å². The van der Waals surface area contributed by atoms with E-state index >= 15 is 0 Å². The van der Waals surface area contributed by atoms with E-state index in [1.807, 2.05) is 22.9 Å². The number of nitrogens with zero attached hydrogens (tertiary/aromatic N) is 2. The monoisotopic (exact) mass is 246 g/mol. The van der Waals surface area contributed by atoms with Gasteiger partial charge in [-0.25, -0.2) is 9.78 Å². The fourth-order valence-corrected chi connectivity index (χ4v) is 1.53. The molecule has 5 nitrogen and oxygen atoms in total. The van der Waals surface area contributed by atoms with Crippen LogP contribution in [-0.2, 0) is 9.53 Å². The Labute approximate surface area is 105 Å². The van der Waals surface area contributed by atoms with Gasteiger partial charge in [0.05, 0.1) is 13.4 Å². The van der Waals surface area contributed by atoms with Crippen molar-refractivity contribution >= 4 is 5.97 Å². The van der Waals surface area contributed by atoms with Crippen molar-refractivity contribution in [2.75, 3.05) is 7.11 Å². The molecule has 1 heterocycles. The summed E-state index contributed by atoms with van der Waals surface area (Å²) < 4.78 is 11.9. The van der Waals surface area contributed by atoms with Gasteiger partial charge in [-0.2, -0.15) is 0 Å². The maximum Gasteiger partial charge on any atom is 0.346 e. The molecule has 1 unspecified atom stereocenters. The molecule has 0 N–H and O–H groups in total. The van der Waals surface area contributed by atoms with Crippen molar-refractivity contribution in [3.05, 3.63) is 43.0 Å². The topological polar surface area (TPSA) is 53.4 Å². The number of benzene rings is 1. The quantitative estimate of drug-likeness (QED) is 0.772. The molecule has 2 rings (SSSR count). The first-order valence-electron chi connectivity index (χ1n) is 5.53. The third-order valence-electron chi connectivity index (χ3n) is 2.49. The number of ether oxygens (including phenoxy) is 2. The van der Waals surface area contributed by atoms with Crippen LogP contribution < -0.4 is 4.74 Å². The molecule has 1 aromatic heterocycles. The highest BCUT2D eigenvalue weighted by atomic mass is 16.6. The van der Waals surface area contributed by atoms with Crippen molar-refractivity contribution in [3.8, 4) is 11.4 Å². The third kappa shape index (κ3) is 2.68. The second-order valence-electron chi connectivity index (χ2n) is 3.75. The minimum atomic E-state index is -0.617. The maximum atomic E-state index is 11.2. The summed E-state index contributed by atoms with van der Waals surface area (Å²) in [4.78, 5) is 15.2. The third-order valence-corrected chi connectivity index (χ3v) is 2.49. The molecule has 0 spiro atoms. The Morgan fingerprint density at radius 1 is 1.33 bits per heavy atom. The lowest BCUT2D eigenvalue weighted by atomic mass is 10.3. The van der Waals surface area contributed by atoms with Crippen molar-refractivity contribution < 1.29 is 14.3 Å². The molecule has 0 aliphatic carbocycles. The molecule has 1 atom stereocenters. The molecule has 0 radical (unpaired) electrons. The number of carbonyl (C=O) groups is 1. The van der Waals surface area contributed by atoms with Gasteiger partial charge in [-0.05, 0) is 31.2 Å². The van der Waals surface area contributed by atoms with Gasteiger partial charge in [-0.15, -0.1) is 0 Å². The fraction of sp³-hybridized carbons (Fsp3) is 0.231. The second-order valence-corrected chi connectivity index (χ2v) is 3.75. The molecule has 0 aliphatic rings. The second kappa shape index (κ2) is 5.35. The van der Waals surface area contributed by atoms with E-state index in [-0.39, 0.29) is 0 Å². The Balaban J connectivity index is 2.06. The molecule has 0 fully saturated rings. The van der Waals surface area contributed by atoms with Gasteiger partial charge in [-0.1, -0.05) is 0 Å². The highest BCUT2D eigenvalue weighted by Gasteiger charge is 2.14. The number of esters is 1. The molecular weight excluding hydrogens is 232 g/mol. The minimum absolute atomic E-state index is 0.395. The van der Waals surface area contributed by atoms with Gasteiger partial charge in [0.1, 0.15) is 5.75 Å². The van der Waals surface area contributed by atoms with Crippen LogP contribution in [0.25, 0.3) is 5.69 Å². The van der Waals surface area contributed by atoms with Gasteiger partial charge < -0.3 is 14.0 Å². The van der Waals surface area contributed by atoms with Gasteiger partial charge >= 0.3 is 5.97 Å². The van der Waals surface area contributed by atoms with E-state index < -0.39 is 12.1 Å². The van der Waals surface area contributed by atoms with Crippen LogP contribution in [0.3, 0.4) is 0 Å². The molecule has 5 heteroatoms. The minimum Gasteiger partial charge on any atom is -0.479 e. The summed E-state index contributed by atoms with van der Waals surface area (Å²) in [6.45, 7) is 1.65. The molecule has 0 bridgehead atoms. The zero-order chi connectivity index (χ0) is 13.0. The van der Waals surface area contributed by atoms with Crippen LogP contribution in [0.15, 0.2) is 43.0 Å². The Morgan fingerprint density at radius 2 is 2.06 bits per heavy atom. The summed E-state index contributed by atoms with van der Waals surface area (Å²) in [7, 11) is 1.34. The molecule has 2 aromatic rings. The summed E-state index contributed by atoms with van der Waals surface area (Å²) >= 11 is 0. The Morgan fingerprint density at radius 3 is 2.61 bits per heavy atom. The van der Waals surface area contributed by atoms with Crippen molar-refractivity contribution in [2.45, 2.75) is 13.0 Å². The highest BCUT2D eigenvalue weighted by Crippen LogP contribution is 2.16. The van der Waals surface area contributed by atoms with Gasteiger partial charge in [0.2, 0.25) is 0 Å². The lowest BCUT2D eigenvalue weighted by molar-refractivity contribution is -0.147. The van der Waals surface area contributed by atoms with Crippen LogP contribution >= 0.6 is 0 Å². The molecule has 0 saturated carbocycles. The van der Waals surface area contributed by atoms with E-state index in [2.05, 4.69) is 9.72 Å². The van der Waals surface area contributed by atoms with Crippen LogP contribution in [0, 0.1) is 0 Å². The van der Waals surface area contributed by atoms with Crippen molar-refractivity contribution in [3.63, 3.8) is 0 Å². The smallest absolute Gasteiger partial charge is 0.346 e. The normalized spacial score (nSPS) is 11.9. The highest BCUT2D eigenvalue weighted by molar-refractivity contribution is 5.74. The van der Waals surface area contributed by atoms with E-state index in [1.165, 1.54) is 7.11 Å². The first kappa shape index (κ1) is 12.2. The lowest BCUT2D eigenvalue weighted by Gasteiger charge is -2.12. The van der Waals surface area contributed by atoms with Crippen molar-refractivity contribution in [1.82, 2.24) is 9.55 Å². The van der Waals surface area contributed by atoms with Gasteiger partial charge in [-0.3, -0.25) is 0 Å². The largest absolute Gasteiger partial charge is 0.479 e. The number of hydrogen-bond donors (Lipinski definition) is 0. The summed E-state index contributed by atoms with van der Waals surface area (Å²) in [5, 5.41) is 0.